The highest BCUT2D eigenvalue weighted by atomic mass is 32.2. The molecule has 0 bridgehead atoms. The van der Waals surface area contributed by atoms with Crippen LogP contribution in [0, 0.1) is 0 Å². The second-order valence-corrected chi connectivity index (χ2v) is 10.4. The van der Waals surface area contributed by atoms with E-state index in [2.05, 4.69) is 5.32 Å². The van der Waals surface area contributed by atoms with E-state index in [0.29, 0.717) is 25.1 Å². The molecule has 0 saturated carbocycles. The highest BCUT2D eigenvalue weighted by Gasteiger charge is 2.28. The number of carbonyl (C=O) groups excluding carboxylic acids is 2. The molecule has 0 fully saturated rings. The van der Waals surface area contributed by atoms with Crippen molar-refractivity contribution in [2.24, 2.45) is 0 Å². The number of carbonyl (C=O) groups is 2. The highest BCUT2D eigenvalue weighted by Crippen LogP contribution is 2.19. The Balaban J connectivity index is 2.13. The third-order valence-electron chi connectivity index (χ3n) is 5.74. The SMILES string of the molecule is CCCNC(=O)C(CC)N(Cc1cccc(OC)c1)C(=O)CCCN(C)S(=O)(=O)c1ccccc1. The van der Waals surface area contributed by atoms with Gasteiger partial charge in [-0.05, 0) is 49.1 Å². The lowest BCUT2D eigenvalue weighted by Crippen LogP contribution is -2.49. The molecular weight excluding hydrogens is 466 g/mol. The lowest BCUT2D eigenvalue weighted by Gasteiger charge is -2.31. The van der Waals surface area contributed by atoms with Gasteiger partial charge in [0, 0.05) is 33.1 Å². The van der Waals surface area contributed by atoms with Gasteiger partial charge in [0.25, 0.3) is 0 Å². The Labute approximate surface area is 209 Å². The van der Waals surface area contributed by atoms with Crippen molar-refractivity contribution < 1.29 is 22.7 Å². The Bertz CT molecular complexity index is 1060. The topological polar surface area (TPSA) is 96.0 Å². The molecule has 0 aliphatic rings. The van der Waals surface area contributed by atoms with Gasteiger partial charge in [-0.25, -0.2) is 12.7 Å². The van der Waals surface area contributed by atoms with Crippen LogP contribution in [0.3, 0.4) is 0 Å². The molecule has 0 aromatic heterocycles. The monoisotopic (exact) mass is 503 g/mol. The predicted molar refractivity (Wildman–Crippen MR) is 136 cm³/mol. The number of nitrogens with zero attached hydrogens (tertiary/aromatic N) is 2. The average Bonchev–Trinajstić information content (AvgIpc) is 2.87. The van der Waals surface area contributed by atoms with Crippen LogP contribution >= 0.6 is 0 Å². The molecule has 1 unspecified atom stereocenters. The molecule has 2 aromatic rings. The number of nitrogens with one attached hydrogen (secondary N) is 1. The smallest absolute Gasteiger partial charge is 0.242 e. The van der Waals surface area contributed by atoms with Gasteiger partial charge in [-0.2, -0.15) is 0 Å². The lowest BCUT2D eigenvalue weighted by molar-refractivity contribution is -0.141. The van der Waals surface area contributed by atoms with E-state index in [1.165, 1.54) is 11.4 Å². The van der Waals surface area contributed by atoms with Crippen LogP contribution in [0.2, 0.25) is 0 Å². The minimum Gasteiger partial charge on any atom is -0.497 e. The molecule has 0 saturated heterocycles. The van der Waals surface area contributed by atoms with Gasteiger partial charge in [0.15, 0.2) is 0 Å². The molecule has 2 aromatic carbocycles. The largest absolute Gasteiger partial charge is 0.497 e. The van der Waals surface area contributed by atoms with Gasteiger partial charge in [-0.3, -0.25) is 9.59 Å². The van der Waals surface area contributed by atoms with Crippen LogP contribution in [0.5, 0.6) is 5.75 Å². The fourth-order valence-electron chi connectivity index (χ4n) is 3.74. The first-order chi connectivity index (χ1) is 16.7. The highest BCUT2D eigenvalue weighted by molar-refractivity contribution is 7.89. The Morgan fingerprint density at radius 3 is 2.40 bits per heavy atom. The minimum atomic E-state index is -3.63. The number of benzene rings is 2. The normalized spacial score (nSPS) is 12.3. The Hall–Kier alpha value is -2.91. The Morgan fingerprint density at radius 1 is 1.06 bits per heavy atom. The second kappa shape index (κ2) is 13.8. The fourth-order valence-corrected chi connectivity index (χ4v) is 4.97. The summed E-state index contributed by atoms with van der Waals surface area (Å²) in [4.78, 5) is 28.0. The minimum absolute atomic E-state index is 0.121. The first-order valence-corrected chi connectivity index (χ1v) is 13.4. The van der Waals surface area contributed by atoms with E-state index in [-0.39, 0.29) is 36.2 Å². The summed E-state index contributed by atoms with van der Waals surface area (Å²) in [5.74, 6) is 0.289. The lowest BCUT2D eigenvalue weighted by atomic mass is 10.1. The first-order valence-electron chi connectivity index (χ1n) is 12.0. The predicted octanol–water partition coefficient (Wildman–Crippen LogP) is 3.43. The molecule has 2 amide bonds. The third-order valence-corrected chi connectivity index (χ3v) is 7.61. The molecular formula is C26H37N3O5S. The summed E-state index contributed by atoms with van der Waals surface area (Å²) in [6.45, 7) is 4.84. The number of amides is 2. The van der Waals surface area contributed by atoms with Crippen LogP contribution in [0.15, 0.2) is 59.5 Å². The molecule has 0 radical (unpaired) electrons. The number of hydrogen-bond donors (Lipinski definition) is 1. The zero-order valence-electron chi connectivity index (χ0n) is 21.1. The summed E-state index contributed by atoms with van der Waals surface area (Å²) in [6.07, 6.45) is 1.72. The Morgan fingerprint density at radius 2 is 1.77 bits per heavy atom. The van der Waals surface area contributed by atoms with Crippen LogP contribution in [0.25, 0.3) is 0 Å². The standard InChI is InChI=1S/C26H37N3O5S/c1-5-17-27-26(31)24(6-2)29(20-21-12-10-13-22(19-21)34-4)25(30)16-11-18-28(3)35(32,33)23-14-8-7-9-15-23/h7-10,12-15,19,24H,5-6,11,16-18,20H2,1-4H3,(H,27,31). The maximum atomic E-state index is 13.3. The van der Waals surface area contributed by atoms with Crippen molar-refractivity contribution >= 4 is 21.8 Å². The summed E-state index contributed by atoms with van der Waals surface area (Å²) in [7, 11) is -0.541. The molecule has 9 heteroatoms. The number of ether oxygens (including phenoxy) is 1. The molecule has 0 heterocycles. The quantitative estimate of drug-likeness (QED) is 0.426. The van der Waals surface area contributed by atoms with Crippen molar-refractivity contribution in [2.75, 3.05) is 27.2 Å². The molecule has 0 spiro atoms. The van der Waals surface area contributed by atoms with Gasteiger partial charge in [0.05, 0.1) is 12.0 Å². The molecule has 2 rings (SSSR count). The van der Waals surface area contributed by atoms with E-state index in [1.54, 1.807) is 42.3 Å². The fraction of sp³-hybridized carbons (Fsp3) is 0.462. The zero-order valence-corrected chi connectivity index (χ0v) is 21.9. The molecule has 192 valence electrons. The molecule has 0 aliphatic carbocycles. The van der Waals surface area contributed by atoms with Crippen molar-refractivity contribution in [2.45, 2.75) is 57.0 Å². The van der Waals surface area contributed by atoms with E-state index in [1.807, 2.05) is 38.1 Å². The van der Waals surface area contributed by atoms with Gasteiger partial charge < -0.3 is 15.0 Å². The third kappa shape index (κ3) is 8.07. The summed E-state index contributed by atoms with van der Waals surface area (Å²) in [5.41, 5.74) is 0.850. The van der Waals surface area contributed by atoms with Crippen LogP contribution in [-0.2, 0) is 26.2 Å². The van der Waals surface area contributed by atoms with Crippen molar-refractivity contribution in [1.29, 1.82) is 0 Å². The number of hydrogen-bond acceptors (Lipinski definition) is 5. The Kier molecular flexibility index (Phi) is 11.2. The summed E-state index contributed by atoms with van der Waals surface area (Å²) < 4.78 is 32.1. The second-order valence-electron chi connectivity index (χ2n) is 8.33. The number of rotatable bonds is 14. The van der Waals surface area contributed by atoms with Gasteiger partial charge in [0.2, 0.25) is 21.8 Å². The molecule has 0 aliphatic heterocycles. The maximum Gasteiger partial charge on any atom is 0.242 e. The van der Waals surface area contributed by atoms with Crippen molar-refractivity contribution in [1.82, 2.24) is 14.5 Å². The molecule has 1 N–H and O–H groups in total. The molecule has 35 heavy (non-hydrogen) atoms. The van der Waals surface area contributed by atoms with Crippen molar-refractivity contribution in [3.8, 4) is 5.75 Å². The van der Waals surface area contributed by atoms with Gasteiger partial charge in [-0.15, -0.1) is 0 Å². The van der Waals surface area contributed by atoms with E-state index in [9.17, 15) is 18.0 Å². The zero-order chi connectivity index (χ0) is 25.8. The van der Waals surface area contributed by atoms with E-state index < -0.39 is 16.1 Å². The average molecular weight is 504 g/mol. The van der Waals surface area contributed by atoms with Gasteiger partial charge in [-0.1, -0.05) is 44.2 Å². The van der Waals surface area contributed by atoms with E-state index >= 15 is 0 Å². The number of methoxy groups -OCH3 is 1. The molecule has 8 nitrogen and oxygen atoms in total. The van der Waals surface area contributed by atoms with Crippen LogP contribution in [0.1, 0.15) is 45.1 Å². The van der Waals surface area contributed by atoms with Crippen LogP contribution in [0.4, 0.5) is 0 Å². The van der Waals surface area contributed by atoms with Crippen molar-refractivity contribution in [3.63, 3.8) is 0 Å². The van der Waals surface area contributed by atoms with Crippen molar-refractivity contribution in [3.05, 3.63) is 60.2 Å². The number of sulfonamides is 1. The van der Waals surface area contributed by atoms with E-state index in [0.717, 1.165) is 12.0 Å². The van der Waals surface area contributed by atoms with Gasteiger partial charge >= 0.3 is 0 Å². The van der Waals surface area contributed by atoms with Crippen LogP contribution < -0.4 is 10.1 Å². The maximum absolute atomic E-state index is 13.3. The first kappa shape index (κ1) is 28.3. The summed E-state index contributed by atoms with van der Waals surface area (Å²) in [5, 5.41) is 2.89. The van der Waals surface area contributed by atoms with Gasteiger partial charge in [0.1, 0.15) is 11.8 Å². The van der Waals surface area contributed by atoms with Crippen LogP contribution in [-0.4, -0.2) is 62.7 Å². The van der Waals surface area contributed by atoms with E-state index in [4.69, 9.17) is 4.74 Å². The molecule has 1 atom stereocenters. The summed E-state index contributed by atoms with van der Waals surface area (Å²) in [6, 6.07) is 15.0. The summed E-state index contributed by atoms with van der Waals surface area (Å²) >= 11 is 0.